The SMILES string of the molecule is CCc1cccc2cc(O)cc(-c3ncc4c(N5CC6CC[C@H]5C(O)C6)nc(OC)nc4c3F)c12. The highest BCUT2D eigenvalue weighted by Gasteiger charge is 2.41. The molecule has 3 fully saturated rings. The van der Waals surface area contributed by atoms with Gasteiger partial charge in [-0.15, -0.1) is 0 Å². The molecule has 2 aromatic heterocycles. The van der Waals surface area contributed by atoms with Crippen molar-refractivity contribution in [2.24, 2.45) is 5.92 Å². The summed E-state index contributed by atoms with van der Waals surface area (Å²) in [5, 5.41) is 23.2. The molecule has 4 heterocycles. The number of halogens is 1. The minimum atomic E-state index is -0.593. The van der Waals surface area contributed by atoms with E-state index in [1.54, 1.807) is 18.3 Å². The minimum absolute atomic E-state index is 0.0429. The number of nitrogens with zero attached hydrogens (tertiary/aromatic N) is 4. The third kappa shape index (κ3) is 3.46. The Bertz CT molecular complexity index is 1460. The first kappa shape index (κ1) is 22.0. The zero-order valence-corrected chi connectivity index (χ0v) is 19.7. The van der Waals surface area contributed by atoms with E-state index in [4.69, 9.17) is 4.74 Å². The lowest BCUT2D eigenvalue weighted by molar-refractivity contribution is 0.0503. The van der Waals surface area contributed by atoms with Crippen LogP contribution in [0.2, 0.25) is 0 Å². The number of hydrogen-bond donors (Lipinski definition) is 2. The van der Waals surface area contributed by atoms with Crippen LogP contribution in [0.4, 0.5) is 10.2 Å². The predicted octanol–water partition coefficient (Wildman–Crippen LogP) is 4.61. The van der Waals surface area contributed by atoms with Crippen LogP contribution in [0.25, 0.3) is 32.9 Å². The summed E-state index contributed by atoms with van der Waals surface area (Å²) in [7, 11) is 1.46. The van der Waals surface area contributed by atoms with Gasteiger partial charge in [0.1, 0.15) is 22.8 Å². The van der Waals surface area contributed by atoms with Crippen molar-refractivity contribution in [2.45, 2.75) is 44.8 Å². The molecule has 7 rings (SSSR count). The molecule has 2 saturated heterocycles. The number of aliphatic hydroxyl groups is 1. The Balaban J connectivity index is 1.59. The zero-order chi connectivity index (χ0) is 24.3. The summed E-state index contributed by atoms with van der Waals surface area (Å²) in [6.07, 6.45) is 4.62. The van der Waals surface area contributed by atoms with Crippen LogP contribution in [-0.2, 0) is 6.42 Å². The number of fused-ring (bicyclic) bond motifs is 5. The first-order chi connectivity index (χ1) is 17.0. The van der Waals surface area contributed by atoms with Gasteiger partial charge in [-0.2, -0.15) is 9.97 Å². The van der Waals surface area contributed by atoms with Crippen LogP contribution < -0.4 is 9.64 Å². The quantitative estimate of drug-likeness (QED) is 0.446. The first-order valence-electron chi connectivity index (χ1n) is 12.1. The molecule has 3 aliphatic rings. The Labute approximate surface area is 202 Å². The standard InChI is InChI=1S/C27H27FN4O3/c1-3-15-5-4-6-16-10-17(33)11-18(22(15)16)24-23(28)25-19(12-29-24)26(31-27(30-25)35-2)32-13-14-7-8-20(32)21(34)9-14/h4-6,10-12,14,20-21,33-34H,3,7-9,13H2,1-2H3/t14?,20-,21?/m0/s1. The number of benzene rings is 2. The van der Waals surface area contributed by atoms with Crippen molar-refractivity contribution in [1.82, 2.24) is 15.0 Å². The second-order valence-electron chi connectivity index (χ2n) is 9.55. The molecule has 0 amide bonds. The molecule has 4 aromatic rings. The highest BCUT2D eigenvalue weighted by atomic mass is 19.1. The molecule has 2 bridgehead atoms. The maximum Gasteiger partial charge on any atom is 0.318 e. The summed E-state index contributed by atoms with van der Waals surface area (Å²) in [6.45, 7) is 2.79. The second-order valence-corrected chi connectivity index (χ2v) is 9.55. The number of piperidine rings is 2. The Hall–Kier alpha value is -3.52. The van der Waals surface area contributed by atoms with Gasteiger partial charge in [-0.1, -0.05) is 25.1 Å². The molecular weight excluding hydrogens is 447 g/mol. The van der Waals surface area contributed by atoms with Crippen molar-refractivity contribution in [2.75, 3.05) is 18.6 Å². The van der Waals surface area contributed by atoms with Crippen molar-refractivity contribution in [1.29, 1.82) is 0 Å². The van der Waals surface area contributed by atoms with E-state index in [1.165, 1.54) is 7.11 Å². The number of aromatic nitrogens is 3. The fourth-order valence-electron chi connectivity index (χ4n) is 5.89. The summed E-state index contributed by atoms with van der Waals surface area (Å²) in [5.41, 5.74) is 1.78. The topological polar surface area (TPSA) is 91.6 Å². The minimum Gasteiger partial charge on any atom is -0.508 e. The number of aromatic hydroxyl groups is 1. The lowest BCUT2D eigenvalue weighted by Gasteiger charge is -2.48. The molecule has 8 heteroatoms. The van der Waals surface area contributed by atoms with Gasteiger partial charge in [0.25, 0.3) is 0 Å². The van der Waals surface area contributed by atoms with Crippen molar-refractivity contribution in [3.05, 3.63) is 47.9 Å². The molecule has 3 atom stereocenters. The van der Waals surface area contributed by atoms with E-state index in [1.807, 2.05) is 25.1 Å². The third-order valence-corrected chi connectivity index (χ3v) is 7.53. The van der Waals surface area contributed by atoms with E-state index in [2.05, 4.69) is 19.9 Å². The summed E-state index contributed by atoms with van der Waals surface area (Å²) in [6, 6.07) is 9.05. The number of ether oxygens (including phenoxy) is 1. The van der Waals surface area contributed by atoms with Crippen molar-refractivity contribution < 1.29 is 19.3 Å². The van der Waals surface area contributed by atoms with Gasteiger partial charge in [-0.3, -0.25) is 4.98 Å². The van der Waals surface area contributed by atoms with E-state index in [-0.39, 0.29) is 29.0 Å². The average molecular weight is 475 g/mol. The van der Waals surface area contributed by atoms with Crippen LogP contribution in [0, 0.1) is 11.7 Å². The van der Waals surface area contributed by atoms with Crippen LogP contribution in [0.1, 0.15) is 31.7 Å². The van der Waals surface area contributed by atoms with E-state index >= 15 is 4.39 Å². The van der Waals surface area contributed by atoms with Gasteiger partial charge in [-0.25, -0.2) is 4.39 Å². The second kappa shape index (κ2) is 8.30. The number of hydrogen-bond acceptors (Lipinski definition) is 7. The molecule has 1 saturated carbocycles. The normalized spacial score (nSPS) is 21.7. The maximum atomic E-state index is 16.2. The van der Waals surface area contributed by atoms with Gasteiger partial charge in [0.15, 0.2) is 5.82 Å². The molecule has 2 aliphatic heterocycles. The van der Waals surface area contributed by atoms with E-state index in [0.717, 1.165) is 48.6 Å². The maximum absolute atomic E-state index is 16.2. The number of rotatable bonds is 4. The van der Waals surface area contributed by atoms with Crippen LogP contribution in [-0.4, -0.2) is 51.0 Å². The van der Waals surface area contributed by atoms with Crippen LogP contribution in [0.5, 0.6) is 11.8 Å². The third-order valence-electron chi connectivity index (χ3n) is 7.53. The average Bonchev–Trinajstić information content (AvgIpc) is 2.87. The Morgan fingerprint density at radius 3 is 2.80 bits per heavy atom. The Morgan fingerprint density at radius 2 is 2.06 bits per heavy atom. The monoisotopic (exact) mass is 474 g/mol. The molecule has 2 aromatic carbocycles. The smallest absolute Gasteiger partial charge is 0.318 e. The molecule has 180 valence electrons. The van der Waals surface area contributed by atoms with Crippen molar-refractivity contribution in [3.63, 3.8) is 0 Å². The number of aryl methyl sites for hydroxylation is 1. The predicted molar refractivity (Wildman–Crippen MR) is 132 cm³/mol. The van der Waals surface area contributed by atoms with Crippen LogP contribution >= 0.6 is 0 Å². The molecular formula is C27H27FN4O3. The number of phenols is 1. The molecule has 7 nitrogen and oxygen atoms in total. The lowest BCUT2D eigenvalue weighted by Crippen LogP contribution is -2.56. The number of phenolic OH excluding ortho intramolecular Hbond substituents is 1. The van der Waals surface area contributed by atoms with E-state index in [0.29, 0.717) is 22.7 Å². The van der Waals surface area contributed by atoms with Crippen molar-refractivity contribution in [3.8, 4) is 23.0 Å². The largest absolute Gasteiger partial charge is 0.508 e. The lowest BCUT2D eigenvalue weighted by atomic mass is 9.78. The van der Waals surface area contributed by atoms with Gasteiger partial charge in [0.05, 0.1) is 24.6 Å². The highest BCUT2D eigenvalue weighted by Crippen LogP contribution is 2.42. The van der Waals surface area contributed by atoms with Crippen LogP contribution in [0.3, 0.4) is 0 Å². The van der Waals surface area contributed by atoms with E-state index < -0.39 is 11.9 Å². The summed E-state index contributed by atoms with van der Waals surface area (Å²) < 4.78 is 21.6. The Kier molecular flexibility index (Phi) is 5.21. The zero-order valence-electron chi connectivity index (χ0n) is 19.7. The fraction of sp³-hybridized carbons (Fsp3) is 0.370. The molecule has 35 heavy (non-hydrogen) atoms. The van der Waals surface area contributed by atoms with Gasteiger partial charge in [0, 0.05) is 18.3 Å². The molecule has 1 aliphatic carbocycles. The summed E-state index contributed by atoms with van der Waals surface area (Å²) in [4.78, 5) is 15.5. The molecule has 0 radical (unpaired) electrons. The van der Waals surface area contributed by atoms with Crippen molar-refractivity contribution >= 4 is 27.5 Å². The van der Waals surface area contributed by atoms with Gasteiger partial charge in [-0.05, 0) is 60.1 Å². The molecule has 0 spiro atoms. The van der Waals surface area contributed by atoms with Crippen LogP contribution in [0.15, 0.2) is 36.5 Å². The van der Waals surface area contributed by atoms with E-state index in [9.17, 15) is 10.2 Å². The number of aliphatic hydroxyl groups excluding tert-OH is 1. The Morgan fingerprint density at radius 1 is 1.20 bits per heavy atom. The van der Waals surface area contributed by atoms with Gasteiger partial charge < -0.3 is 19.8 Å². The summed E-state index contributed by atoms with van der Waals surface area (Å²) in [5.74, 6) is 0.355. The molecule has 2 unspecified atom stereocenters. The summed E-state index contributed by atoms with van der Waals surface area (Å²) >= 11 is 0. The molecule has 2 N–H and O–H groups in total. The van der Waals surface area contributed by atoms with Gasteiger partial charge in [0.2, 0.25) is 0 Å². The first-order valence-corrected chi connectivity index (χ1v) is 12.1. The fourth-order valence-corrected chi connectivity index (χ4v) is 5.89. The van der Waals surface area contributed by atoms with Gasteiger partial charge >= 0.3 is 6.01 Å². The number of methoxy groups -OCH3 is 1. The number of anilines is 1. The highest BCUT2D eigenvalue weighted by molar-refractivity contribution is 6.01. The number of pyridine rings is 1.